The van der Waals surface area contributed by atoms with Crippen molar-refractivity contribution in [3.05, 3.63) is 10.1 Å². The number of rotatable bonds is 3. The molecule has 2 N–H and O–H groups in total. The molecule has 4 atom stereocenters. The molecule has 2 aliphatic heterocycles. The summed E-state index contributed by atoms with van der Waals surface area (Å²) in [5.41, 5.74) is -1.56. The Morgan fingerprint density at radius 3 is 3.00 bits per heavy atom. The van der Waals surface area contributed by atoms with Gasteiger partial charge in [-0.1, -0.05) is 0 Å². The Labute approximate surface area is 84.5 Å². The van der Waals surface area contributed by atoms with Crippen LogP contribution in [0.15, 0.2) is 0 Å². The highest BCUT2D eigenvalue weighted by Gasteiger charge is 2.56. The number of hydrogen-bond donors (Lipinski definition) is 2. The molecule has 2 rings (SSSR count). The van der Waals surface area contributed by atoms with Crippen molar-refractivity contribution in [1.29, 1.82) is 0 Å². The third-order valence-corrected chi connectivity index (χ3v) is 2.60. The average Bonchev–Trinajstić information content (AvgIpc) is 2.68. The molecule has 0 aliphatic carbocycles. The van der Waals surface area contributed by atoms with E-state index in [-0.39, 0.29) is 13.2 Å². The van der Waals surface area contributed by atoms with Gasteiger partial charge in [-0.2, -0.15) is 0 Å². The average molecular weight is 221 g/mol. The van der Waals surface area contributed by atoms with Crippen LogP contribution in [0.3, 0.4) is 0 Å². The summed E-state index contributed by atoms with van der Waals surface area (Å²) in [7, 11) is 0. The fourth-order valence-electron chi connectivity index (χ4n) is 1.86. The quantitative estimate of drug-likeness (QED) is 0.422. The van der Waals surface area contributed by atoms with E-state index in [1.165, 1.54) is 0 Å². The van der Waals surface area contributed by atoms with Crippen LogP contribution in [-0.4, -0.2) is 59.0 Å². The molecule has 0 saturated carbocycles. The molecule has 0 unspecified atom stereocenters. The van der Waals surface area contributed by atoms with Crippen molar-refractivity contribution in [2.45, 2.75) is 23.9 Å². The predicted octanol–water partition coefficient (Wildman–Crippen LogP) is -1.92. The molecular weight excluding hydrogens is 210 g/mol. The van der Waals surface area contributed by atoms with E-state index < -0.39 is 35.6 Å². The van der Waals surface area contributed by atoms with Gasteiger partial charge < -0.3 is 24.5 Å². The summed E-state index contributed by atoms with van der Waals surface area (Å²) in [5.74, 6) is 0. The van der Waals surface area contributed by atoms with E-state index in [4.69, 9.17) is 9.47 Å². The number of aliphatic hydroxyl groups is 2. The topological polar surface area (TPSA) is 111 Å². The molecule has 8 nitrogen and oxygen atoms in total. The van der Waals surface area contributed by atoms with Crippen molar-refractivity contribution >= 4 is 0 Å². The molecule has 0 amide bonds. The van der Waals surface area contributed by atoms with Crippen LogP contribution in [0.25, 0.3) is 0 Å². The van der Waals surface area contributed by atoms with Crippen LogP contribution in [-0.2, 0) is 14.3 Å². The molecule has 0 bridgehead atoms. The van der Waals surface area contributed by atoms with Gasteiger partial charge >= 0.3 is 0 Å². The van der Waals surface area contributed by atoms with E-state index >= 15 is 0 Å². The minimum Gasteiger partial charge on any atom is -0.388 e. The third kappa shape index (κ3) is 1.76. The van der Waals surface area contributed by atoms with Gasteiger partial charge in [0.1, 0.15) is 30.5 Å². The molecule has 2 aliphatic rings. The molecule has 8 heteroatoms. The lowest BCUT2D eigenvalue weighted by molar-refractivity contribution is -0.761. The Morgan fingerprint density at radius 2 is 2.33 bits per heavy atom. The molecule has 2 heterocycles. The van der Waals surface area contributed by atoms with Gasteiger partial charge in [-0.3, -0.25) is 0 Å². The van der Waals surface area contributed by atoms with Crippen LogP contribution in [0.5, 0.6) is 0 Å². The Morgan fingerprint density at radius 1 is 1.60 bits per heavy atom. The maximum Gasteiger partial charge on any atom is 0.294 e. The van der Waals surface area contributed by atoms with E-state index in [9.17, 15) is 20.3 Å². The van der Waals surface area contributed by atoms with Crippen LogP contribution in [0.4, 0.5) is 0 Å². The molecule has 86 valence electrons. The predicted molar refractivity (Wildman–Crippen MR) is 43.4 cm³/mol. The first kappa shape index (κ1) is 10.6. The molecule has 2 fully saturated rings. The highest BCUT2D eigenvalue weighted by Crippen LogP contribution is 2.34. The number of ether oxygens (including phenoxy) is 2. The second kappa shape index (κ2) is 3.56. The van der Waals surface area contributed by atoms with Crippen molar-refractivity contribution in [3.63, 3.8) is 0 Å². The molecule has 15 heavy (non-hydrogen) atoms. The second-order valence-corrected chi connectivity index (χ2v) is 3.70. The zero-order valence-corrected chi connectivity index (χ0v) is 7.74. The minimum atomic E-state index is -1.56. The van der Waals surface area contributed by atoms with Crippen molar-refractivity contribution in [1.82, 2.24) is 0 Å². The Kier molecular flexibility index (Phi) is 2.51. The molecule has 0 aromatic rings. The van der Waals surface area contributed by atoms with Gasteiger partial charge in [0.25, 0.3) is 5.09 Å². The summed E-state index contributed by atoms with van der Waals surface area (Å²) in [6, 6.07) is 0. The first-order valence-corrected chi connectivity index (χ1v) is 4.44. The van der Waals surface area contributed by atoms with Crippen molar-refractivity contribution in [2.24, 2.45) is 0 Å². The summed E-state index contributed by atoms with van der Waals surface area (Å²) in [6.07, 6.45) is -2.21. The fraction of sp³-hybridized carbons (Fsp3) is 1.00. The van der Waals surface area contributed by atoms with E-state index in [0.29, 0.717) is 0 Å². The number of nitrogens with zero attached hydrogens (tertiary/aromatic N) is 1. The molecular formula is C7H11NO7. The van der Waals surface area contributed by atoms with Gasteiger partial charge in [-0.25, -0.2) is 0 Å². The molecule has 0 aromatic carbocycles. The summed E-state index contributed by atoms with van der Waals surface area (Å²) >= 11 is 0. The fourth-order valence-corrected chi connectivity index (χ4v) is 1.86. The number of hydrogen-bond acceptors (Lipinski definition) is 7. The van der Waals surface area contributed by atoms with Gasteiger partial charge in [0.05, 0.1) is 13.2 Å². The summed E-state index contributed by atoms with van der Waals surface area (Å²) < 4.78 is 10.2. The highest BCUT2D eigenvalue weighted by atomic mass is 17.0. The van der Waals surface area contributed by atoms with Crippen molar-refractivity contribution in [3.8, 4) is 0 Å². The zero-order valence-electron chi connectivity index (χ0n) is 7.74. The van der Waals surface area contributed by atoms with Gasteiger partial charge in [0.2, 0.25) is 0 Å². The van der Waals surface area contributed by atoms with E-state index in [1.54, 1.807) is 0 Å². The lowest BCUT2D eigenvalue weighted by Gasteiger charge is -2.24. The van der Waals surface area contributed by atoms with Crippen LogP contribution in [0.2, 0.25) is 0 Å². The largest absolute Gasteiger partial charge is 0.388 e. The van der Waals surface area contributed by atoms with Crippen LogP contribution >= 0.6 is 0 Å². The normalized spacial score (nSPS) is 44.0. The van der Waals surface area contributed by atoms with Crippen molar-refractivity contribution < 1.29 is 29.6 Å². The lowest BCUT2D eigenvalue weighted by Crippen LogP contribution is -2.48. The van der Waals surface area contributed by atoms with Gasteiger partial charge in [0, 0.05) is 0 Å². The Hall–Kier alpha value is -0.960. The second-order valence-electron chi connectivity index (χ2n) is 3.70. The van der Waals surface area contributed by atoms with Gasteiger partial charge in [-0.15, -0.1) is 10.1 Å². The summed E-state index contributed by atoms with van der Waals surface area (Å²) in [6.45, 7) is -0.614. The van der Waals surface area contributed by atoms with Gasteiger partial charge in [-0.05, 0) is 0 Å². The van der Waals surface area contributed by atoms with Crippen LogP contribution in [0.1, 0.15) is 0 Å². The number of fused-ring (bicyclic) bond motifs is 1. The smallest absolute Gasteiger partial charge is 0.294 e. The van der Waals surface area contributed by atoms with E-state index in [1.807, 2.05) is 0 Å². The summed E-state index contributed by atoms with van der Waals surface area (Å²) in [4.78, 5) is 14.1. The van der Waals surface area contributed by atoms with E-state index in [0.717, 1.165) is 0 Å². The maximum absolute atomic E-state index is 10.00. The lowest BCUT2D eigenvalue weighted by atomic mass is 9.97. The third-order valence-electron chi connectivity index (χ3n) is 2.60. The van der Waals surface area contributed by atoms with Crippen LogP contribution in [0, 0.1) is 10.1 Å². The molecule has 0 radical (unpaired) electrons. The molecule has 0 spiro atoms. The van der Waals surface area contributed by atoms with Crippen molar-refractivity contribution in [2.75, 3.05) is 19.8 Å². The minimum absolute atomic E-state index is 0.0517. The van der Waals surface area contributed by atoms with E-state index in [2.05, 4.69) is 4.84 Å². The Balaban J connectivity index is 2.00. The molecule has 0 aromatic heterocycles. The first-order valence-electron chi connectivity index (χ1n) is 4.44. The standard InChI is InChI=1S/C7H11NO7/c9-4-1-13-6-5(4)14-2-7(6,10)3-15-8(11)12/h4-6,9-10H,1-3H2/t4-,5+,6-,7+/m0/s1. The SMILES string of the molecule is O=[N+]([O-])OC[C@]1(O)CO[C@@H]2[C@@H](O)CO[C@@H]21. The highest BCUT2D eigenvalue weighted by molar-refractivity contribution is 5.03. The van der Waals surface area contributed by atoms with Crippen LogP contribution < -0.4 is 0 Å². The zero-order chi connectivity index (χ0) is 11.1. The monoisotopic (exact) mass is 221 g/mol. The summed E-state index contributed by atoms with van der Waals surface area (Å²) in [5, 5.41) is 28.3. The number of aliphatic hydroxyl groups excluding tert-OH is 1. The van der Waals surface area contributed by atoms with Gasteiger partial charge in [0.15, 0.2) is 0 Å². The Bertz CT molecular complexity index is 272. The first-order chi connectivity index (χ1) is 7.03. The molecule has 2 saturated heterocycles. The maximum atomic E-state index is 10.00.